The summed E-state index contributed by atoms with van der Waals surface area (Å²) in [7, 11) is -1.73. The average Bonchev–Trinajstić information content (AvgIpc) is 3.38. The lowest BCUT2D eigenvalue weighted by atomic mass is 9.97. The predicted molar refractivity (Wildman–Crippen MR) is 131 cm³/mol. The molecule has 35 heavy (non-hydrogen) atoms. The van der Waals surface area contributed by atoms with Gasteiger partial charge in [0.2, 0.25) is 10.0 Å². The standard InChI is InChI=1S/C24H31N5O5S/c1-16-12-18(34-25-16)15-29-22(30)20-13-19(35(32,33)26-24(2)8-9-24)4-5-21(20)28(23(29)31)14-17-6-10-27(3)11-7-17/h4-5,12-13,17,26H,6-11,14-15H2,1-3H3. The van der Waals surface area contributed by atoms with Crippen molar-refractivity contribution in [3.8, 4) is 0 Å². The molecule has 0 unspecified atom stereocenters. The number of piperidine rings is 1. The van der Waals surface area contributed by atoms with E-state index in [1.807, 2.05) is 6.92 Å². The molecule has 0 bridgehead atoms. The topological polar surface area (TPSA) is 119 Å². The van der Waals surface area contributed by atoms with Gasteiger partial charge in [-0.2, -0.15) is 0 Å². The number of rotatable bonds is 7. The van der Waals surface area contributed by atoms with Crippen LogP contribution in [-0.4, -0.2) is 53.3 Å². The summed E-state index contributed by atoms with van der Waals surface area (Å²) in [4.78, 5) is 29.3. The van der Waals surface area contributed by atoms with Gasteiger partial charge in [-0.25, -0.2) is 17.9 Å². The van der Waals surface area contributed by atoms with Crippen LogP contribution in [-0.2, 0) is 23.1 Å². The second kappa shape index (κ2) is 8.72. The molecule has 11 heteroatoms. The largest absolute Gasteiger partial charge is 0.359 e. The van der Waals surface area contributed by atoms with Gasteiger partial charge in [-0.3, -0.25) is 13.9 Å². The highest BCUT2D eigenvalue weighted by molar-refractivity contribution is 7.89. The number of sulfonamides is 1. The van der Waals surface area contributed by atoms with Gasteiger partial charge in [0, 0.05) is 18.2 Å². The fourth-order valence-electron chi connectivity index (χ4n) is 4.71. The first-order valence-corrected chi connectivity index (χ1v) is 13.5. The van der Waals surface area contributed by atoms with Crippen LogP contribution in [0.5, 0.6) is 0 Å². The van der Waals surface area contributed by atoms with Crippen LogP contribution in [0.4, 0.5) is 0 Å². The van der Waals surface area contributed by atoms with Crippen LogP contribution in [0.2, 0.25) is 0 Å². The molecule has 2 fully saturated rings. The smallest absolute Gasteiger partial charge is 0.331 e. The predicted octanol–water partition coefficient (Wildman–Crippen LogP) is 1.68. The summed E-state index contributed by atoms with van der Waals surface area (Å²) < 4.78 is 36.7. The first-order valence-electron chi connectivity index (χ1n) is 12.0. The van der Waals surface area contributed by atoms with Crippen LogP contribution in [0.15, 0.2) is 43.3 Å². The third-order valence-electron chi connectivity index (χ3n) is 7.16. The fraction of sp³-hybridized carbons (Fsp3) is 0.542. The quantitative estimate of drug-likeness (QED) is 0.523. The third-order valence-corrected chi connectivity index (χ3v) is 8.79. The van der Waals surface area contributed by atoms with Crippen molar-refractivity contribution in [2.45, 2.75) is 63.1 Å². The van der Waals surface area contributed by atoms with Gasteiger partial charge in [0.1, 0.15) is 0 Å². The van der Waals surface area contributed by atoms with E-state index in [1.54, 1.807) is 23.6 Å². The maximum absolute atomic E-state index is 13.6. The average molecular weight is 502 g/mol. The number of aromatic nitrogens is 3. The van der Waals surface area contributed by atoms with E-state index in [-0.39, 0.29) is 22.7 Å². The molecule has 2 aliphatic rings. The molecule has 188 valence electrons. The molecule has 0 radical (unpaired) electrons. The van der Waals surface area contributed by atoms with Crippen molar-refractivity contribution in [2.75, 3.05) is 20.1 Å². The molecule has 5 rings (SSSR count). The van der Waals surface area contributed by atoms with Crippen molar-refractivity contribution in [1.82, 2.24) is 23.9 Å². The number of nitrogens with zero attached hydrogens (tertiary/aromatic N) is 4. The van der Waals surface area contributed by atoms with E-state index in [0.717, 1.165) is 43.3 Å². The summed E-state index contributed by atoms with van der Waals surface area (Å²) in [5, 5.41) is 4.04. The van der Waals surface area contributed by atoms with Gasteiger partial charge in [-0.05, 0) is 83.8 Å². The zero-order valence-electron chi connectivity index (χ0n) is 20.3. The van der Waals surface area contributed by atoms with Gasteiger partial charge in [0.15, 0.2) is 5.76 Å². The number of hydrogen-bond acceptors (Lipinski definition) is 7. The highest BCUT2D eigenvalue weighted by Crippen LogP contribution is 2.36. The molecule has 2 aromatic heterocycles. The molecule has 1 aliphatic carbocycles. The van der Waals surface area contributed by atoms with Gasteiger partial charge in [0.25, 0.3) is 5.56 Å². The first kappa shape index (κ1) is 24.0. The Kier molecular flexibility index (Phi) is 5.97. The number of aryl methyl sites for hydroxylation is 1. The lowest BCUT2D eigenvalue weighted by Gasteiger charge is -2.29. The first-order chi connectivity index (χ1) is 16.5. The Labute approximate surface area is 203 Å². The Morgan fingerprint density at radius 1 is 1.14 bits per heavy atom. The van der Waals surface area contributed by atoms with Crippen LogP contribution < -0.4 is 16.0 Å². The molecule has 0 amide bonds. The van der Waals surface area contributed by atoms with E-state index in [0.29, 0.717) is 23.5 Å². The molecule has 1 saturated heterocycles. The summed E-state index contributed by atoms with van der Waals surface area (Å²) in [5.41, 5.74) is -0.331. The van der Waals surface area contributed by atoms with Crippen LogP contribution in [0.25, 0.3) is 10.9 Å². The van der Waals surface area contributed by atoms with Crippen LogP contribution in [0.3, 0.4) is 0 Å². The number of nitrogens with one attached hydrogen (secondary N) is 1. The molecule has 1 N–H and O–H groups in total. The third kappa shape index (κ3) is 4.85. The zero-order chi connectivity index (χ0) is 25.0. The highest BCUT2D eigenvalue weighted by Gasteiger charge is 2.41. The summed E-state index contributed by atoms with van der Waals surface area (Å²) in [5.74, 6) is 0.671. The van der Waals surface area contributed by atoms with Crippen LogP contribution >= 0.6 is 0 Å². The van der Waals surface area contributed by atoms with Gasteiger partial charge < -0.3 is 9.42 Å². The van der Waals surface area contributed by atoms with E-state index in [4.69, 9.17) is 4.52 Å². The number of fused-ring (bicyclic) bond motifs is 1. The van der Waals surface area contributed by atoms with E-state index in [2.05, 4.69) is 21.8 Å². The number of hydrogen-bond donors (Lipinski definition) is 1. The lowest BCUT2D eigenvalue weighted by Crippen LogP contribution is -2.42. The molecule has 3 aromatic rings. The summed E-state index contributed by atoms with van der Waals surface area (Å²) in [6.07, 6.45) is 3.44. The monoisotopic (exact) mass is 501 g/mol. The van der Waals surface area contributed by atoms with Crippen LogP contribution in [0, 0.1) is 12.8 Å². The summed E-state index contributed by atoms with van der Waals surface area (Å²) in [6.45, 7) is 5.90. The summed E-state index contributed by atoms with van der Waals surface area (Å²) >= 11 is 0. The Bertz CT molecular complexity index is 1490. The van der Waals surface area contributed by atoms with E-state index in [1.165, 1.54) is 12.1 Å². The Morgan fingerprint density at radius 3 is 2.49 bits per heavy atom. The maximum Gasteiger partial charge on any atom is 0.331 e. The Hall–Kier alpha value is -2.76. The van der Waals surface area contributed by atoms with Crippen molar-refractivity contribution >= 4 is 20.9 Å². The van der Waals surface area contributed by atoms with Crippen molar-refractivity contribution in [3.63, 3.8) is 0 Å². The second-order valence-electron chi connectivity index (χ2n) is 10.3. The lowest BCUT2D eigenvalue weighted by molar-refractivity contribution is 0.204. The minimum atomic E-state index is -3.81. The van der Waals surface area contributed by atoms with Crippen molar-refractivity contribution < 1.29 is 12.9 Å². The van der Waals surface area contributed by atoms with E-state index >= 15 is 0 Å². The molecular formula is C24H31N5O5S. The fourth-order valence-corrected chi connectivity index (χ4v) is 6.20. The molecule has 1 saturated carbocycles. The minimum Gasteiger partial charge on any atom is -0.359 e. The van der Waals surface area contributed by atoms with Crippen molar-refractivity contribution in [3.05, 3.63) is 56.6 Å². The van der Waals surface area contributed by atoms with Gasteiger partial charge in [-0.1, -0.05) is 5.16 Å². The SMILES string of the molecule is Cc1cc(Cn2c(=O)c3cc(S(=O)(=O)NC4(C)CC4)ccc3n(CC3CCN(C)CC3)c2=O)on1. The molecule has 0 atom stereocenters. The second-order valence-corrected chi connectivity index (χ2v) is 12.0. The maximum atomic E-state index is 13.6. The van der Waals surface area contributed by atoms with Crippen molar-refractivity contribution in [2.24, 2.45) is 5.92 Å². The van der Waals surface area contributed by atoms with E-state index < -0.39 is 26.8 Å². The molecule has 10 nitrogen and oxygen atoms in total. The molecule has 0 spiro atoms. The Balaban J connectivity index is 1.63. The molecular weight excluding hydrogens is 470 g/mol. The van der Waals surface area contributed by atoms with Gasteiger partial charge in [-0.15, -0.1) is 0 Å². The van der Waals surface area contributed by atoms with E-state index in [9.17, 15) is 18.0 Å². The normalized spacial score (nSPS) is 18.8. The van der Waals surface area contributed by atoms with Crippen LogP contribution in [0.1, 0.15) is 44.1 Å². The molecule has 3 heterocycles. The Morgan fingerprint density at radius 2 is 1.86 bits per heavy atom. The van der Waals surface area contributed by atoms with Gasteiger partial charge in [0.05, 0.1) is 28.0 Å². The number of benzene rings is 1. The number of likely N-dealkylation sites (tertiary alicyclic amines) is 1. The summed E-state index contributed by atoms with van der Waals surface area (Å²) in [6, 6.07) is 6.13. The molecule has 1 aliphatic heterocycles. The minimum absolute atomic E-state index is 0.0155. The molecule has 1 aromatic carbocycles. The highest BCUT2D eigenvalue weighted by atomic mass is 32.2. The van der Waals surface area contributed by atoms with Gasteiger partial charge >= 0.3 is 5.69 Å². The zero-order valence-corrected chi connectivity index (χ0v) is 21.1. The van der Waals surface area contributed by atoms with Crippen molar-refractivity contribution in [1.29, 1.82) is 0 Å².